The number of amides is 2. The lowest BCUT2D eigenvalue weighted by molar-refractivity contribution is -0.145. The molecule has 4 rings (SSSR count). The lowest BCUT2D eigenvalue weighted by Gasteiger charge is -2.42. The molecule has 0 aromatic heterocycles. The molecular formula is C18H19FN2O5S. The van der Waals surface area contributed by atoms with Crippen LogP contribution in [0, 0.1) is 17.7 Å². The number of fused-ring (bicyclic) bond motifs is 1. The second-order valence-electron chi connectivity index (χ2n) is 6.97. The van der Waals surface area contributed by atoms with Crippen molar-refractivity contribution < 1.29 is 27.1 Å². The summed E-state index contributed by atoms with van der Waals surface area (Å²) in [7, 11) is -2.60. The molecule has 0 spiro atoms. The highest BCUT2D eigenvalue weighted by molar-refractivity contribution is 7.89. The van der Waals surface area contributed by atoms with Crippen LogP contribution >= 0.6 is 0 Å². The summed E-state index contributed by atoms with van der Waals surface area (Å²) in [6.07, 6.45) is 4.91. The summed E-state index contributed by atoms with van der Waals surface area (Å²) in [4.78, 5) is 26.2. The molecule has 2 atom stereocenters. The fourth-order valence-corrected chi connectivity index (χ4v) is 5.45. The van der Waals surface area contributed by atoms with E-state index in [0.29, 0.717) is 12.8 Å². The molecule has 0 N–H and O–H groups in total. The number of ether oxygens (including phenoxy) is 1. The summed E-state index contributed by atoms with van der Waals surface area (Å²) in [5.41, 5.74) is 0. The quantitative estimate of drug-likeness (QED) is 0.565. The molecule has 1 aliphatic carbocycles. The first kappa shape index (κ1) is 18.1. The third kappa shape index (κ3) is 2.76. The van der Waals surface area contributed by atoms with Crippen LogP contribution in [0.3, 0.4) is 0 Å². The number of carbonyl (C=O) groups is 2. The number of hydrogen-bond donors (Lipinski definition) is 0. The van der Waals surface area contributed by atoms with Crippen molar-refractivity contribution in [1.82, 2.24) is 9.21 Å². The zero-order valence-electron chi connectivity index (χ0n) is 14.7. The van der Waals surface area contributed by atoms with Crippen LogP contribution in [0.25, 0.3) is 0 Å². The van der Waals surface area contributed by atoms with Gasteiger partial charge in [-0.3, -0.25) is 14.5 Å². The molecule has 3 aliphatic rings. The Balaban J connectivity index is 1.48. The van der Waals surface area contributed by atoms with Gasteiger partial charge in [0.2, 0.25) is 21.8 Å². The first-order valence-electron chi connectivity index (χ1n) is 8.70. The molecule has 1 aromatic rings. The largest absolute Gasteiger partial charge is 0.494 e. The van der Waals surface area contributed by atoms with E-state index in [-0.39, 0.29) is 47.4 Å². The van der Waals surface area contributed by atoms with E-state index in [1.807, 2.05) is 12.2 Å². The van der Waals surface area contributed by atoms with E-state index in [9.17, 15) is 22.4 Å². The Morgan fingerprint density at radius 2 is 1.67 bits per heavy atom. The highest BCUT2D eigenvalue weighted by atomic mass is 32.2. The van der Waals surface area contributed by atoms with E-state index in [4.69, 9.17) is 4.74 Å². The first-order chi connectivity index (χ1) is 12.8. The number of likely N-dealkylation sites (tertiary alicyclic amines) is 1. The topological polar surface area (TPSA) is 84.0 Å². The fourth-order valence-electron chi connectivity index (χ4n) is 3.92. The van der Waals surface area contributed by atoms with Gasteiger partial charge in [-0.25, -0.2) is 12.8 Å². The van der Waals surface area contributed by atoms with Crippen molar-refractivity contribution in [2.75, 3.05) is 20.2 Å². The number of rotatable bonds is 4. The van der Waals surface area contributed by atoms with E-state index >= 15 is 0 Å². The zero-order chi connectivity index (χ0) is 19.3. The van der Waals surface area contributed by atoms with Crippen LogP contribution in [0.5, 0.6) is 5.75 Å². The Hall–Kier alpha value is -2.26. The molecule has 0 bridgehead atoms. The molecule has 0 saturated carbocycles. The Bertz CT molecular complexity index is 913. The van der Waals surface area contributed by atoms with Crippen LogP contribution in [0.2, 0.25) is 0 Å². The minimum atomic E-state index is -3.90. The summed E-state index contributed by atoms with van der Waals surface area (Å²) in [5.74, 6) is -1.90. The predicted molar refractivity (Wildman–Crippen MR) is 92.7 cm³/mol. The van der Waals surface area contributed by atoms with Crippen molar-refractivity contribution in [3.63, 3.8) is 0 Å². The molecule has 0 radical (unpaired) electrons. The Morgan fingerprint density at radius 3 is 2.19 bits per heavy atom. The van der Waals surface area contributed by atoms with E-state index in [0.717, 1.165) is 10.4 Å². The van der Waals surface area contributed by atoms with Crippen molar-refractivity contribution in [3.05, 3.63) is 36.2 Å². The number of sulfonamides is 1. The van der Waals surface area contributed by atoms with Crippen molar-refractivity contribution in [3.8, 4) is 5.75 Å². The number of halogens is 1. The van der Waals surface area contributed by atoms with Crippen LogP contribution < -0.4 is 4.74 Å². The van der Waals surface area contributed by atoms with Gasteiger partial charge in [-0.15, -0.1) is 0 Å². The van der Waals surface area contributed by atoms with Gasteiger partial charge in [0.15, 0.2) is 11.6 Å². The van der Waals surface area contributed by atoms with Gasteiger partial charge >= 0.3 is 0 Å². The molecule has 27 heavy (non-hydrogen) atoms. The fraction of sp³-hybridized carbons (Fsp3) is 0.444. The zero-order valence-corrected chi connectivity index (χ0v) is 15.5. The van der Waals surface area contributed by atoms with Crippen LogP contribution in [0.1, 0.15) is 12.8 Å². The average molecular weight is 394 g/mol. The third-order valence-electron chi connectivity index (χ3n) is 5.50. The Kier molecular flexibility index (Phi) is 4.31. The second-order valence-corrected chi connectivity index (χ2v) is 8.91. The maximum absolute atomic E-state index is 13.8. The van der Waals surface area contributed by atoms with E-state index in [1.54, 1.807) is 0 Å². The van der Waals surface area contributed by atoms with Crippen molar-refractivity contribution in [2.45, 2.75) is 23.8 Å². The van der Waals surface area contributed by atoms with Crippen LogP contribution in [-0.4, -0.2) is 55.7 Å². The molecular weight excluding hydrogens is 375 g/mol. The van der Waals surface area contributed by atoms with E-state index in [2.05, 4.69) is 0 Å². The summed E-state index contributed by atoms with van der Waals surface area (Å²) < 4.78 is 45.1. The molecule has 2 fully saturated rings. The third-order valence-corrected chi connectivity index (χ3v) is 7.32. The summed E-state index contributed by atoms with van der Waals surface area (Å²) >= 11 is 0. The number of carbonyl (C=O) groups excluding carboxylic acids is 2. The molecule has 144 valence electrons. The second kappa shape index (κ2) is 6.42. The number of methoxy groups -OCH3 is 1. The van der Waals surface area contributed by atoms with Gasteiger partial charge < -0.3 is 4.74 Å². The maximum Gasteiger partial charge on any atom is 0.243 e. The molecule has 2 heterocycles. The lowest BCUT2D eigenvalue weighted by Crippen LogP contribution is -2.62. The van der Waals surface area contributed by atoms with Gasteiger partial charge in [0.05, 0.1) is 29.9 Å². The van der Waals surface area contributed by atoms with Gasteiger partial charge in [-0.2, -0.15) is 4.31 Å². The molecule has 0 unspecified atom stereocenters. The lowest BCUT2D eigenvalue weighted by atomic mass is 9.85. The average Bonchev–Trinajstić information content (AvgIpc) is 2.86. The highest BCUT2D eigenvalue weighted by Gasteiger charge is 2.53. The molecule has 1 aromatic carbocycles. The number of allylic oxidation sites excluding steroid dienone is 2. The standard InChI is InChI=1S/C18H19FN2O5S/c1-26-16-7-6-12(8-15(16)19)27(24,25)20-9-11(10-20)21-17(22)13-4-2-3-5-14(13)18(21)23/h2-3,6-8,11,13-14H,4-5,9-10H2,1H3/t13-,14-/m0/s1. The number of hydrogen-bond acceptors (Lipinski definition) is 5. The molecule has 9 heteroatoms. The van der Waals surface area contributed by atoms with Gasteiger partial charge in [0.25, 0.3) is 0 Å². The SMILES string of the molecule is COc1ccc(S(=O)(=O)N2CC(N3C(=O)[C@H]4CC=CC[C@@H]4C3=O)C2)cc1F. The maximum atomic E-state index is 13.8. The first-order valence-corrected chi connectivity index (χ1v) is 10.1. The Labute approximate surface area is 156 Å². The number of nitrogens with zero attached hydrogens (tertiary/aromatic N) is 2. The minimum Gasteiger partial charge on any atom is -0.494 e. The van der Waals surface area contributed by atoms with Gasteiger partial charge in [0.1, 0.15) is 0 Å². The Morgan fingerprint density at radius 1 is 1.07 bits per heavy atom. The number of imide groups is 1. The minimum absolute atomic E-state index is 0.0281. The van der Waals surface area contributed by atoms with E-state index < -0.39 is 21.9 Å². The van der Waals surface area contributed by atoms with Crippen molar-refractivity contribution in [1.29, 1.82) is 0 Å². The highest BCUT2D eigenvalue weighted by Crippen LogP contribution is 2.38. The van der Waals surface area contributed by atoms with Crippen LogP contribution in [0.15, 0.2) is 35.2 Å². The molecule has 2 saturated heterocycles. The van der Waals surface area contributed by atoms with Crippen molar-refractivity contribution in [2.24, 2.45) is 11.8 Å². The van der Waals surface area contributed by atoms with Crippen LogP contribution in [-0.2, 0) is 19.6 Å². The molecule has 2 aliphatic heterocycles. The van der Waals surface area contributed by atoms with Crippen LogP contribution in [0.4, 0.5) is 4.39 Å². The summed E-state index contributed by atoms with van der Waals surface area (Å²) in [6, 6.07) is 2.98. The molecule has 2 amide bonds. The summed E-state index contributed by atoms with van der Waals surface area (Å²) in [5, 5.41) is 0. The van der Waals surface area contributed by atoms with E-state index in [1.165, 1.54) is 24.1 Å². The number of benzene rings is 1. The van der Waals surface area contributed by atoms with Gasteiger partial charge in [-0.05, 0) is 31.0 Å². The van der Waals surface area contributed by atoms with Crippen molar-refractivity contribution >= 4 is 21.8 Å². The molecule has 7 nitrogen and oxygen atoms in total. The normalized spacial score (nSPS) is 26.2. The smallest absolute Gasteiger partial charge is 0.243 e. The summed E-state index contributed by atoms with van der Waals surface area (Å²) in [6.45, 7) is 0.0562. The van der Waals surface area contributed by atoms with Gasteiger partial charge in [0, 0.05) is 13.1 Å². The predicted octanol–water partition coefficient (Wildman–Crippen LogP) is 1.16. The van der Waals surface area contributed by atoms with Gasteiger partial charge in [-0.1, -0.05) is 12.2 Å². The monoisotopic (exact) mass is 394 g/mol.